The molecular formula is C13H29N3. The Bertz CT molecular complexity index is 213. The molecule has 3 heteroatoms. The summed E-state index contributed by atoms with van der Waals surface area (Å²) < 4.78 is 0. The van der Waals surface area contributed by atoms with Crippen molar-refractivity contribution in [3.05, 3.63) is 0 Å². The first-order valence-corrected chi connectivity index (χ1v) is 6.55. The van der Waals surface area contributed by atoms with Gasteiger partial charge in [-0.15, -0.1) is 0 Å². The molecule has 0 aliphatic carbocycles. The molecule has 0 saturated carbocycles. The molecule has 0 unspecified atom stereocenters. The largest absolute Gasteiger partial charge is 0.328 e. The van der Waals surface area contributed by atoms with Crippen molar-refractivity contribution >= 4 is 0 Å². The second-order valence-electron chi connectivity index (χ2n) is 6.24. The highest BCUT2D eigenvalue weighted by atomic mass is 15.7. The van der Waals surface area contributed by atoms with E-state index in [1.807, 2.05) is 0 Å². The Kier molecular flexibility index (Phi) is 4.04. The van der Waals surface area contributed by atoms with Gasteiger partial charge in [-0.05, 0) is 40.5 Å². The normalized spacial score (nSPS) is 26.2. The lowest BCUT2D eigenvalue weighted by molar-refractivity contribution is -0.182. The topological polar surface area (TPSA) is 32.5 Å². The number of piperidine rings is 1. The second-order valence-corrected chi connectivity index (χ2v) is 6.24. The van der Waals surface area contributed by atoms with Crippen LogP contribution >= 0.6 is 0 Å². The summed E-state index contributed by atoms with van der Waals surface area (Å²) in [4.78, 5) is 0. The molecule has 1 fully saturated rings. The van der Waals surface area contributed by atoms with Crippen LogP contribution in [0.1, 0.15) is 54.4 Å². The van der Waals surface area contributed by atoms with Gasteiger partial charge in [-0.3, -0.25) is 0 Å². The third kappa shape index (κ3) is 2.58. The summed E-state index contributed by atoms with van der Waals surface area (Å²) in [5.74, 6) is 0. The van der Waals surface area contributed by atoms with E-state index in [0.717, 1.165) is 25.9 Å². The zero-order chi connectivity index (χ0) is 12.6. The summed E-state index contributed by atoms with van der Waals surface area (Å²) in [7, 11) is 0. The minimum absolute atomic E-state index is 0.160. The highest BCUT2D eigenvalue weighted by Crippen LogP contribution is 2.38. The molecule has 1 heterocycles. The van der Waals surface area contributed by atoms with Crippen LogP contribution in [-0.2, 0) is 0 Å². The van der Waals surface area contributed by atoms with E-state index in [2.05, 4.69) is 51.6 Å². The van der Waals surface area contributed by atoms with Gasteiger partial charge in [-0.1, -0.05) is 13.8 Å². The average molecular weight is 227 g/mol. The number of hydrogen-bond donors (Lipinski definition) is 1. The van der Waals surface area contributed by atoms with E-state index in [1.54, 1.807) is 0 Å². The predicted octanol–water partition coefficient (Wildman–Crippen LogP) is 2.22. The van der Waals surface area contributed by atoms with Crippen LogP contribution < -0.4 is 5.73 Å². The quantitative estimate of drug-likeness (QED) is 0.802. The Morgan fingerprint density at radius 1 is 1.06 bits per heavy atom. The summed E-state index contributed by atoms with van der Waals surface area (Å²) in [5.41, 5.74) is 6.51. The van der Waals surface area contributed by atoms with Gasteiger partial charge in [0, 0.05) is 30.2 Å². The highest BCUT2D eigenvalue weighted by Gasteiger charge is 2.46. The fraction of sp³-hybridized carbons (Fsp3) is 1.00. The number of hydrogen-bond acceptors (Lipinski definition) is 3. The van der Waals surface area contributed by atoms with Crippen LogP contribution in [-0.4, -0.2) is 40.2 Å². The van der Waals surface area contributed by atoms with Crippen molar-refractivity contribution in [2.45, 2.75) is 71.5 Å². The molecule has 3 nitrogen and oxygen atoms in total. The highest BCUT2D eigenvalue weighted by molar-refractivity contribution is 5.00. The summed E-state index contributed by atoms with van der Waals surface area (Å²) in [6.07, 6.45) is 2.15. The third-order valence-corrected chi connectivity index (χ3v) is 3.68. The molecule has 96 valence electrons. The van der Waals surface area contributed by atoms with Gasteiger partial charge >= 0.3 is 0 Å². The van der Waals surface area contributed by atoms with Gasteiger partial charge in [0.1, 0.15) is 0 Å². The van der Waals surface area contributed by atoms with E-state index < -0.39 is 0 Å². The SMILES string of the molecule is CCN(CC)N1C(C)(C)CC(N)CC1(C)C. The molecule has 2 N–H and O–H groups in total. The lowest BCUT2D eigenvalue weighted by Gasteiger charge is -2.58. The summed E-state index contributed by atoms with van der Waals surface area (Å²) >= 11 is 0. The monoisotopic (exact) mass is 227 g/mol. The van der Waals surface area contributed by atoms with Crippen molar-refractivity contribution in [1.82, 2.24) is 10.0 Å². The van der Waals surface area contributed by atoms with Gasteiger partial charge in [0.25, 0.3) is 0 Å². The first-order valence-electron chi connectivity index (χ1n) is 6.55. The van der Waals surface area contributed by atoms with E-state index in [1.165, 1.54) is 0 Å². The molecule has 0 spiro atoms. The van der Waals surface area contributed by atoms with Crippen LogP contribution in [0.5, 0.6) is 0 Å². The standard InChI is InChI=1S/C13H29N3/c1-7-15(8-2)16-12(3,4)9-11(14)10-13(16,5)6/h11H,7-10,14H2,1-6H3. The molecule has 1 aliphatic heterocycles. The molecule has 0 radical (unpaired) electrons. The molecular weight excluding hydrogens is 198 g/mol. The second kappa shape index (κ2) is 4.63. The van der Waals surface area contributed by atoms with Gasteiger partial charge in [-0.2, -0.15) is 0 Å². The maximum Gasteiger partial charge on any atom is 0.0321 e. The lowest BCUT2D eigenvalue weighted by atomic mass is 9.78. The zero-order valence-electron chi connectivity index (χ0n) is 11.9. The molecule has 0 atom stereocenters. The number of rotatable bonds is 3. The van der Waals surface area contributed by atoms with Crippen molar-refractivity contribution < 1.29 is 0 Å². The third-order valence-electron chi connectivity index (χ3n) is 3.68. The Morgan fingerprint density at radius 2 is 1.44 bits per heavy atom. The first-order chi connectivity index (χ1) is 7.24. The molecule has 0 bridgehead atoms. The molecule has 1 aliphatic rings. The van der Waals surface area contributed by atoms with E-state index in [9.17, 15) is 0 Å². The Labute approximate surface area is 101 Å². The van der Waals surface area contributed by atoms with Gasteiger partial charge in [0.2, 0.25) is 0 Å². The molecule has 16 heavy (non-hydrogen) atoms. The van der Waals surface area contributed by atoms with E-state index in [-0.39, 0.29) is 11.1 Å². The Morgan fingerprint density at radius 3 is 1.75 bits per heavy atom. The van der Waals surface area contributed by atoms with Crippen molar-refractivity contribution in [2.24, 2.45) is 5.73 Å². The molecule has 0 aromatic carbocycles. The van der Waals surface area contributed by atoms with Crippen LogP contribution in [0.3, 0.4) is 0 Å². The van der Waals surface area contributed by atoms with Crippen LogP contribution in [0.15, 0.2) is 0 Å². The molecule has 1 saturated heterocycles. The fourth-order valence-corrected chi connectivity index (χ4v) is 3.62. The maximum absolute atomic E-state index is 6.19. The van der Waals surface area contributed by atoms with Gasteiger partial charge in [-0.25, -0.2) is 10.0 Å². The Balaban J connectivity index is 3.00. The number of nitrogens with two attached hydrogens (primary N) is 1. The first kappa shape index (κ1) is 13.9. The van der Waals surface area contributed by atoms with Crippen molar-refractivity contribution in [1.29, 1.82) is 0 Å². The maximum atomic E-state index is 6.19. The lowest BCUT2D eigenvalue weighted by Crippen LogP contribution is -2.68. The van der Waals surface area contributed by atoms with E-state index in [0.29, 0.717) is 6.04 Å². The van der Waals surface area contributed by atoms with Crippen LogP contribution in [0.4, 0.5) is 0 Å². The average Bonchev–Trinajstić information content (AvgIpc) is 2.08. The van der Waals surface area contributed by atoms with Crippen LogP contribution in [0.25, 0.3) is 0 Å². The van der Waals surface area contributed by atoms with E-state index >= 15 is 0 Å². The van der Waals surface area contributed by atoms with Gasteiger partial charge < -0.3 is 5.73 Å². The zero-order valence-corrected chi connectivity index (χ0v) is 11.9. The Hall–Kier alpha value is -0.120. The molecule has 1 rings (SSSR count). The summed E-state index contributed by atoms with van der Waals surface area (Å²) in [6.45, 7) is 15.8. The van der Waals surface area contributed by atoms with Crippen molar-refractivity contribution in [3.8, 4) is 0 Å². The van der Waals surface area contributed by atoms with Crippen molar-refractivity contribution in [3.63, 3.8) is 0 Å². The predicted molar refractivity (Wildman–Crippen MR) is 70.1 cm³/mol. The number of nitrogens with zero attached hydrogens (tertiary/aromatic N) is 2. The summed E-state index contributed by atoms with van der Waals surface area (Å²) in [5, 5.41) is 5.01. The van der Waals surface area contributed by atoms with Crippen LogP contribution in [0, 0.1) is 0 Å². The van der Waals surface area contributed by atoms with Crippen molar-refractivity contribution in [2.75, 3.05) is 13.1 Å². The van der Waals surface area contributed by atoms with Gasteiger partial charge in [0.15, 0.2) is 0 Å². The van der Waals surface area contributed by atoms with E-state index in [4.69, 9.17) is 5.73 Å². The number of hydrazine groups is 1. The molecule has 0 aromatic heterocycles. The minimum atomic E-state index is 0.160. The fourth-order valence-electron chi connectivity index (χ4n) is 3.62. The smallest absolute Gasteiger partial charge is 0.0321 e. The van der Waals surface area contributed by atoms with Crippen LogP contribution in [0.2, 0.25) is 0 Å². The summed E-state index contributed by atoms with van der Waals surface area (Å²) in [6, 6.07) is 0.330. The van der Waals surface area contributed by atoms with Gasteiger partial charge in [0.05, 0.1) is 0 Å². The minimum Gasteiger partial charge on any atom is -0.328 e. The molecule has 0 aromatic rings. The molecule has 0 amide bonds.